The topological polar surface area (TPSA) is 40.5 Å². The van der Waals surface area contributed by atoms with E-state index < -0.39 is 11.2 Å². The van der Waals surface area contributed by atoms with Crippen molar-refractivity contribution >= 4 is 0 Å². The Morgan fingerprint density at radius 3 is 1.16 bits per heavy atom. The maximum atomic E-state index is 9.98. The number of unbranched alkanes of at least 4 members (excludes halogenated alkanes) is 2. The van der Waals surface area contributed by atoms with Gasteiger partial charge in [-0.25, -0.2) is 0 Å². The van der Waals surface area contributed by atoms with Gasteiger partial charge in [0.2, 0.25) is 0 Å². The molecule has 0 saturated carbocycles. The molecule has 0 radical (unpaired) electrons. The Morgan fingerprint density at radius 1 is 0.560 bits per heavy atom. The number of aliphatic hydroxyl groups is 2. The van der Waals surface area contributed by atoms with E-state index >= 15 is 0 Å². The molecular weight excluding hydrogens is 308 g/mol. The van der Waals surface area contributed by atoms with Gasteiger partial charge in [-0.15, -0.1) is 0 Å². The molecule has 2 N–H and O–H groups in total. The summed E-state index contributed by atoms with van der Waals surface area (Å²) < 4.78 is 0. The predicted octanol–water partition coefficient (Wildman–Crippen LogP) is 5.10. The lowest BCUT2D eigenvalue weighted by molar-refractivity contribution is 0.0780. The highest BCUT2D eigenvalue weighted by Crippen LogP contribution is 2.21. The first-order chi connectivity index (χ1) is 11.7. The van der Waals surface area contributed by atoms with Crippen LogP contribution in [0.3, 0.4) is 0 Å². The number of aryl methyl sites for hydroxylation is 2. The summed E-state index contributed by atoms with van der Waals surface area (Å²) in [4.78, 5) is 0. The molecule has 0 aliphatic rings. The van der Waals surface area contributed by atoms with E-state index in [1.54, 1.807) is 0 Å². The summed E-state index contributed by atoms with van der Waals surface area (Å²) in [6.45, 7) is 7.26. The van der Waals surface area contributed by atoms with Crippen molar-refractivity contribution in [1.82, 2.24) is 0 Å². The molecule has 136 valence electrons. The van der Waals surface area contributed by atoms with Gasteiger partial charge in [0.1, 0.15) is 0 Å². The Balaban J connectivity index is 1.71. The van der Waals surface area contributed by atoms with Crippen LogP contribution in [-0.4, -0.2) is 10.2 Å². The monoisotopic (exact) mass is 340 g/mol. The molecule has 0 spiro atoms. The molecule has 0 aliphatic carbocycles. The molecule has 0 aliphatic heterocycles. The molecule has 0 bridgehead atoms. The van der Waals surface area contributed by atoms with Crippen molar-refractivity contribution in [2.45, 2.75) is 71.0 Å². The molecule has 0 aromatic heterocycles. The third-order valence-corrected chi connectivity index (χ3v) is 4.75. The van der Waals surface area contributed by atoms with Gasteiger partial charge in [-0.2, -0.15) is 0 Å². The van der Waals surface area contributed by atoms with Crippen molar-refractivity contribution in [3.8, 4) is 0 Å². The van der Waals surface area contributed by atoms with E-state index in [1.807, 2.05) is 52.0 Å². The van der Waals surface area contributed by atoms with Crippen molar-refractivity contribution in [2.24, 2.45) is 0 Å². The zero-order valence-electron chi connectivity index (χ0n) is 16.0. The van der Waals surface area contributed by atoms with Crippen molar-refractivity contribution in [1.29, 1.82) is 0 Å². The SMILES string of the molecule is CC(C)(O)c1ccc(CCCCCc2ccc(C(C)(C)O)cc2)cc1. The fourth-order valence-electron chi connectivity index (χ4n) is 2.99. The third kappa shape index (κ3) is 6.30. The van der Waals surface area contributed by atoms with Gasteiger partial charge >= 0.3 is 0 Å². The smallest absolute Gasteiger partial charge is 0.0840 e. The largest absolute Gasteiger partial charge is 0.386 e. The number of hydrogen-bond acceptors (Lipinski definition) is 2. The fraction of sp³-hybridized carbons (Fsp3) is 0.478. The van der Waals surface area contributed by atoms with E-state index in [0.29, 0.717) is 0 Å². The average Bonchev–Trinajstić information content (AvgIpc) is 2.54. The summed E-state index contributed by atoms with van der Waals surface area (Å²) in [7, 11) is 0. The van der Waals surface area contributed by atoms with Crippen molar-refractivity contribution in [2.75, 3.05) is 0 Å². The highest BCUT2D eigenvalue weighted by Gasteiger charge is 2.15. The van der Waals surface area contributed by atoms with Gasteiger partial charge in [-0.05, 0) is 75.6 Å². The van der Waals surface area contributed by atoms with Gasteiger partial charge in [0.25, 0.3) is 0 Å². The van der Waals surface area contributed by atoms with E-state index in [4.69, 9.17) is 0 Å². The second kappa shape index (κ2) is 8.16. The summed E-state index contributed by atoms with van der Waals surface area (Å²) in [5.41, 5.74) is 3.07. The molecule has 2 rings (SSSR count). The fourth-order valence-corrected chi connectivity index (χ4v) is 2.99. The average molecular weight is 341 g/mol. The van der Waals surface area contributed by atoms with E-state index in [9.17, 15) is 10.2 Å². The Hall–Kier alpha value is -1.64. The summed E-state index contributed by atoms with van der Waals surface area (Å²) in [5, 5.41) is 20.0. The van der Waals surface area contributed by atoms with Crippen LogP contribution >= 0.6 is 0 Å². The minimum Gasteiger partial charge on any atom is -0.386 e. The molecule has 2 nitrogen and oxygen atoms in total. The van der Waals surface area contributed by atoms with Crippen LogP contribution in [0.25, 0.3) is 0 Å². The Morgan fingerprint density at radius 2 is 0.880 bits per heavy atom. The Bertz CT molecular complexity index is 581. The maximum absolute atomic E-state index is 9.98. The normalized spacial score (nSPS) is 12.4. The molecule has 2 heteroatoms. The van der Waals surface area contributed by atoms with Crippen molar-refractivity contribution < 1.29 is 10.2 Å². The number of hydrogen-bond donors (Lipinski definition) is 2. The first kappa shape index (κ1) is 19.7. The highest BCUT2D eigenvalue weighted by molar-refractivity contribution is 5.27. The summed E-state index contributed by atoms with van der Waals surface area (Å²) in [6, 6.07) is 16.6. The first-order valence-corrected chi connectivity index (χ1v) is 9.30. The van der Waals surface area contributed by atoms with Crippen LogP contribution in [0.5, 0.6) is 0 Å². The maximum Gasteiger partial charge on any atom is 0.0840 e. The Labute approximate surface area is 152 Å². The van der Waals surface area contributed by atoms with Crippen LogP contribution in [0.1, 0.15) is 69.2 Å². The van der Waals surface area contributed by atoms with E-state index in [-0.39, 0.29) is 0 Å². The second-order valence-corrected chi connectivity index (χ2v) is 8.07. The van der Waals surface area contributed by atoms with Gasteiger partial charge in [-0.3, -0.25) is 0 Å². The van der Waals surface area contributed by atoms with Gasteiger partial charge in [0, 0.05) is 0 Å². The van der Waals surface area contributed by atoms with Crippen LogP contribution in [0.15, 0.2) is 48.5 Å². The van der Waals surface area contributed by atoms with Crippen LogP contribution in [0.2, 0.25) is 0 Å². The minimum absolute atomic E-state index is 0.765. The molecule has 0 unspecified atom stereocenters. The van der Waals surface area contributed by atoms with Crippen LogP contribution < -0.4 is 0 Å². The number of benzene rings is 2. The zero-order chi connectivity index (χ0) is 18.5. The lowest BCUT2D eigenvalue weighted by Gasteiger charge is -2.18. The summed E-state index contributed by atoms with van der Waals surface area (Å²) >= 11 is 0. The van der Waals surface area contributed by atoms with Gasteiger partial charge in [0.05, 0.1) is 11.2 Å². The van der Waals surface area contributed by atoms with Gasteiger partial charge in [-0.1, -0.05) is 55.0 Å². The molecule has 0 fully saturated rings. The van der Waals surface area contributed by atoms with E-state index in [2.05, 4.69) is 24.3 Å². The quantitative estimate of drug-likeness (QED) is 0.657. The van der Waals surface area contributed by atoms with E-state index in [0.717, 1.165) is 24.0 Å². The molecule has 0 atom stereocenters. The first-order valence-electron chi connectivity index (χ1n) is 9.30. The lowest BCUT2D eigenvalue weighted by Crippen LogP contribution is -2.15. The molecular formula is C23H32O2. The van der Waals surface area contributed by atoms with Crippen LogP contribution in [0, 0.1) is 0 Å². The number of rotatable bonds is 8. The Kier molecular flexibility index (Phi) is 6.42. The highest BCUT2D eigenvalue weighted by atomic mass is 16.3. The molecule has 0 saturated heterocycles. The van der Waals surface area contributed by atoms with Crippen molar-refractivity contribution in [3.05, 3.63) is 70.8 Å². The summed E-state index contributed by atoms with van der Waals surface area (Å²) in [5.74, 6) is 0. The molecule has 0 heterocycles. The molecule has 2 aromatic carbocycles. The minimum atomic E-state index is -0.765. The van der Waals surface area contributed by atoms with Gasteiger partial charge in [0.15, 0.2) is 0 Å². The molecule has 25 heavy (non-hydrogen) atoms. The van der Waals surface area contributed by atoms with Gasteiger partial charge < -0.3 is 10.2 Å². The van der Waals surface area contributed by atoms with Crippen molar-refractivity contribution in [3.63, 3.8) is 0 Å². The summed E-state index contributed by atoms with van der Waals surface area (Å²) in [6.07, 6.45) is 5.75. The van der Waals surface area contributed by atoms with Crippen LogP contribution in [-0.2, 0) is 24.0 Å². The van der Waals surface area contributed by atoms with Crippen LogP contribution in [0.4, 0.5) is 0 Å². The molecule has 0 amide bonds. The predicted molar refractivity (Wildman–Crippen MR) is 105 cm³/mol. The molecule has 2 aromatic rings. The lowest BCUT2D eigenvalue weighted by atomic mass is 9.95. The third-order valence-electron chi connectivity index (χ3n) is 4.75. The standard InChI is InChI=1S/C23H32O2/c1-22(2,24)20-14-10-18(11-15-20)8-6-5-7-9-19-12-16-21(17-13-19)23(3,4)25/h10-17,24-25H,5-9H2,1-4H3. The zero-order valence-corrected chi connectivity index (χ0v) is 16.0. The van der Waals surface area contributed by atoms with E-state index in [1.165, 1.54) is 30.4 Å². The second-order valence-electron chi connectivity index (χ2n) is 8.07.